The number of hydrogen-bond donors (Lipinski definition) is 0. The van der Waals surface area contributed by atoms with Gasteiger partial charge in [0.2, 0.25) is 0 Å². The van der Waals surface area contributed by atoms with Crippen LogP contribution >= 0.6 is 0 Å². The minimum Gasteiger partial charge on any atom is -0.336 e. The van der Waals surface area contributed by atoms with Gasteiger partial charge in [-0.2, -0.15) is 0 Å². The molecule has 1 heterocycles. The zero-order chi connectivity index (χ0) is 22.0. The average Bonchev–Trinajstić information content (AvgIpc) is 2.77. The standard InChI is InChI=1S/C24H20F4N2O/c25-18-8-4-16(5-9-18)23(17-6-10-19(26)11-7-17)29-12-14-30(15-13-29)24(31)22-20(27)2-1-3-21(22)28/h1-11,23H,12-15H2. The lowest BCUT2D eigenvalue weighted by Gasteiger charge is -2.39. The lowest BCUT2D eigenvalue weighted by atomic mass is 9.96. The van der Waals surface area contributed by atoms with Gasteiger partial charge in [0.15, 0.2) is 0 Å². The molecule has 31 heavy (non-hydrogen) atoms. The molecule has 0 N–H and O–H groups in total. The Kier molecular flexibility index (Phi) is 6.04. The number of halogens is 4. The Hall–Kier alpha value is -3.19. The van der Waals surface area contributed by atoms with E-state index in [9.17, 15) is 22.4 Å². The number of benzene rings is 3. The van der Waals surface area contributed by atoms with Crippen molar-refractivity contribution in [1.29, 1.82) is 0 Å². The summed E-state index contributed by atoms with van der Waals surface area (Å²) in [7, 11) is 0. The van der Waals surface area contributed by atoms with Crippen LogP contribution in [0.3, 0.4) is 0 Å². The molecule has 1 aliphatic rings. The van der Waals surface area contributed by atoms with E-state index in [1.54, 1.807) is 24.3 Å². The van der Waals surface area contributed by atoms with Crippen molar-refractivity contribution in [2.75, 3.05) is 26.2 Å². The molecule has 4 rings (SSSR count). The fraction of sp³-hybridized carbons (Fsp3) is 0.208. The minimum absolute atomic E-state index is 0.269. The quantitative estimate of drug-likeness (QED) is 0.558. The first-order valence-corrected chi connectivity index (χ1v) is 9.92. The molecule has 0 aromatic heterocycles. The smallest absolute Gasteiger partial charge is 0.259 e. The van der Waals surface area contributed by atoms with Crippen molar-refractivity contribution in [1.82, 2.24) is 9.80 Å². The Bertz CT molecular complexity index is 996. The molecular formula is C24H20F4N2O. The molecule has 3 aromatic carbocycles. The van der Waals surface area contributed by atoms with Gasteiger partial charge in [0, 0.05) is 26.2 Å². The maximum atomic E-state index is 14.0. The van der Waals surface area contributed by atoms with Crippen LogP contribution in [0.1, 0.15) is 27.5 Å². The third-order valence-corrected chi connectivity index (χ3v) is 5.51. The van der Waals surface area contributed by atoms with Crippen molar-refractivity contribution in [2.45, 2.75) is 6.04 Å². The predicted molar refractivity (Wildman–Crippen MR) is 108 cm³/mol. The first-order chi connectivity index (χ1) is 14.9. The first kappa shape index (κ1) is 21.1. The molecule has 0 saturated carbocycles. The van der Waals surface area contributed by atoms with E-state index in [4.69, 9.17) is 0 Å². The number of amides is 1. The molecule has 3 nitrogen and oxygen atoms in total. The minimum atomic E-state index is -0.886. The van der Waals surface area contributed by atoms with E-state index in [1.165, 1.54) is 35.2 Å². The third-order valence-electron chi connectivity index (χ3n) is 5.51. The molecular weight excluding hydrogens is 408 g/mol. The third kappa shape index (κ3) is 4.46. The molecule has 0 radical (unpaired) electrons. The van der Waals surface area contributed by atoms with Crippen molar-refractivity contribution < 1.29 is 22.4 Å². The highest BCUT2D eigenvalue weighted by Crippen LogP contribution is 2.30. The van der Waals surface area contributed by atoms with Gasteiger partial charge in [-0.3, -0.25) is 9.69 Å². The molecule has 3 aromatic rings. The molecule has 1 aliphatic heterocycles. The van der Waals surface area contributed by atoms with Crippen LogP contribution in [0, 0.1) is 23.3 Å². The highest BCUT2D eigenvalue weighted by Gasteiger charge is 2.30. The van der Waals surface area contributed by atoms with Gasteiger partial charge in [-0.1, -0.05) is 30.3 Å². The molecule has 1 saturated heterocycles. The highest BCUT2D eigenvalue weighted by atomic mass is 19.1. The largest absolute Gasteiger partial charge is 0.336 e. The van der Waals surface area contributed by atoms with Crippen molar-refractivity contribution >= 4 is 5.91 Å². The van der Waals surface area contributed by atoms with Gasteiger partial charge in [-0.15, -0.1) is 0 Å². The van der Waals surface area contributed by atoms with Gasteiger partial charge >= 0.3 is 0 Å². The Balaban J connectivity index is 1.56. The maximum Gasteiger partial charge on any atom is 0.259 e. The van der Waals surface area contributed by atoms with Crippen LogP contribution in [0.2, 0.25) is 0 Å². The Morgan fingerprint density at radius 2 is 1.13 bits per heavy atom. The van der Waals surface area contributed by atoms with Gasteiger partial charge in [0.1, 0.15) is 28.8 Å². The van der Waals surface area contributed by atoms with Crippen LogP contribution in [0.4, 0.5) is 17.6 Å². The molecule has 1 fully saturated rings. The second-order valence-electron chi connectivity index (χ2n) is 7.43. The highest BCUT2D eigenvalue weighted by molar-refractivity contribution is 5.94. The molecule has 0 unspecified atom stereocenters. The Morgan fingerprint density at radius 1 is 0.677 bits per heavy atom. The van der Waals surface area contributed by atoms with Crippen LogP contribution in [0.15, 0.2) is 66.7 Å². The van der Waals surface area contributed by atoms with Crippen LogP contribution in [0.5, 0.6) is 0 Å². The molecule has 7 heteroatoms. The van der Waals surface area contributed by atoms with Gasteiger partial charge in [0.25, 0.3) is 5.91 Å². The van der Waals surface area contributed by atoms with Crippen molar-refractivity contribution in [3.8, 4) is 0 Å². The summed E-state index contributed by atoms with van der Waals surface area (Å²) in [6.45, 7) is 1.40. The summed E-state index contributed by atoms with van der Waals surface area (Å²) in [6.07, 6.45) is 0. The van der Waals surface area contributed by atoms with Crippen molar-refractivity contribution in [3.63, 3.8) is 0 Å². The summed E-state index contributed by atoms with van der Waals surface area (Å²) in [5, 5.41) is 0. The van der Waals surface area contributed by atoms with Crippen molar-refractivity contribution in [2.24, 2.45) is 0 Å². The van der Waals surface area contributed by atoms with E-state index < -0.39 is 23.1 Å². The molecule has 0 atom stereocenters. The Labute approximate surface area is 177 Å². The molecule has 0 spiro atoms. The van der Waals surface area contributed by atoms with E-state index in [1.807, 2.05) is 0 Å². The average molecular weight is 428 g/mol. The molecule has 0 aliphatic carbocycles. The summed E-state index contributed by atoms with van der Waals surface area (Å²) < 4.78 is 54.9. The fourth-order valence-corrected chi connectivity index (χ4v) is 3.95. The zero-order valence-corrected chi connectivity index (χ0v) is 16.6. The maximum absolute atomic E-state index is 14.0. The van der Waals surface area contributed by atoms with Crippen LogP contribution in [0.25, 0.3) is 0 Å². The van der Waals surface area contributed by atoms with E-state index in [2.05, 4.69) is 4.90 Å². The SMILES string of the molecule is O=C(c1c(F)cccc1F)N1CCN(C(c2ccc(F)cc2)c2ccc(F)cc2)CC1. The topological polar surface area (TPSA) is 23.6 Å². The number of rotatable bonds is 4. The number of piperazine rings is 1. The lowest BCUT2D eigenvalue weighted by Crippen LogP contribution is -2.50. The van der Waals surface area contributed by atoms with Gasteiger partial charge in [-0.05, 0) is 47.5 Å². The lowest BCUT2D eigenvalue weighted by molar-refractivity contribution is 0.0588. The fourth-order valence-electron chi connectivity index (χ4n) is 3.95. The first-order valence-electron chi connectivity index (χ1n) is 9.92. The molecule has 1 amide bonds. The number of carbonyl (C=O) groups excluding carboxylic acids is 1. The number of nitrogens with zero attached hydrogens (tertiary/aromatic N) is 2. The monoisotopic (exact) mass is 428 g/mol. The second-order valence-corrected chi connectivity index (χ2v) is 7.43. The summed E-state index contributed by atoms with van der Waals surface area (Å²) in [6, 6.07) is 15.2. The summed E-state index contributed by atoms with van der Waals surface area (Å²) in [5.74, 6) is -3.17. The number of hydrogen-bond acceptors (Lipinski definition) is 2. The summed E-state index contributed by atoms with van der Waals surface area (Å²) in [4.78, 5) is 16.2. The van der Waals surface area contributed by atoms with E-state index in [0.29, 0.717) is 13.1 Å². The Morgan fingerprint density at radius 3 is 1.58 bits per heavy atom. The van der Waals surface area contributed by atoms with Gasteiger partial charge in [0.05, 0.1) is 6.04 Å². The number of carbonyl (C=O) groups is 1. The van der Waals surface area contributed by atoms with E-state index in [-0.39, 0.29) is 30.8 Å². The predicted octanol–water partition coefficient (Wildman–Crippen LogP) is 4.79. The summed E-state index contributed by atoms with van der Waals surface area (Å²) in [5.41, 5.74) is 1.10. The van der Waals surface area contributed by atoms with Gasteiger partial charge < -0.3 is 4.90 Å². The summed E-state index contributed by atoms with van der Waals surface area (Å²) >= 11 is 0. The van der Waals surface area contributed by atoms with Crippen LogP contribution in [-0.2, 0) is 0 Å². The normalized spacial score (nSPS) is 14.8. The molecule has 0 bridgehead atoms. The zero-order valence-electron chi connectivity index (χ0n) is 16.6. The van der Waals surface area contributed by atoms with Crippen molar-refractivity contribution in [3.05, 3.63) is 107 Å². The molecule has 160 valence electrons. The van der Waals surface area contributed by atoms with E-state index >= 15 is 0 Å². The second kappa shape index (κ2) is 8.89. The van der Waals surface area contributed by atoms with Gasteiger partial charge in [-0.25, -0.2) is 17.6 Å². The van der Waals surface area contributed by atoms with Crippen LogP contribution in [-0.4, -0.2) is 41.9 Å². The van der Waals surface area contributed by atoms with E-state index in [0.717, 1.165) is 23.3 Å². The van der Waals surface area contributed by atoms with Crippen LogP contribution < -0.4 is 0 Å².